The van der Waals surface area contributed by atoms with Gasteiger partial charge in [-0.25, -0.2) is 0 Å². The van der Waals surface area contributed by atoms with Crippen LogP contribution < -0.4 is 5.32 Å². The van der Waals surface area contributed by atoms with Crippen LogP contribution in [0, 0.1) is 11.3 Å². The zero-order valence-corrected chi connectivity index (χ0v) is 9.95. The smallest absolute Gasteiger partial charge is 0.0315 e. The maximum atomic E-state index is 4.17. The summed E-state index contributed by atoms with van der Waals surface area (Å²) in [6.45, 7) is 3.44. The molecule has 2 aliphatic carbocycles. The Morgan fingerprint density at radius 1 is 1.50 bits per heavy atom. The highest BCUT2D eigenvalue weighted by molar-refractivity contribution is 5.13. The van der Waals surface area contributed by atoms with Crippen LogP contribution in [-0.4, -0.2) is 11.5 Å². The number of aromatic nitrogens is 1. The van der Waals surface area contributed by atoms with E-state index in [0.717, 1.165) is 5.92 Å². The predicted molar refractivity (Wildman–Crippen MR) is 65.0 cm³/mol. The molecule has 2 aliphatic rings. The summed E-state index contributed by atoms with van der Waals surface area (Å²) in [7, 11) is 0. The van der Waals surface area contributed by atoms with Crippen molar-refractivity contribution in [2.45, 2.75) is 38.6 Å². The molecule has 2 heteroatoms. The lowest BCUT2D eigenvalue weighted by Crippen LogP contribution is -2.28. The Balaban J connectivity index is 1.55. The molecule has 16 heavy (non-hydrogen) atoms. The zero-order valence-electron chi connectivity index (χ0n) is 9.95. The fourth-order valence-electron chi connectivity index (χ4n) is 2.69. The molecule has 1 aromatic rings. The van der Waals surface area contributed by atoms with E-state index in [1.165, 1.54) is 37.8 Å². The number of nitrogens with zero attached hydrogens (tertiary/aromatic N) is 1. The predicted octanol–water partition coefficient (Wildman–Crippen LogP) is 2.92. The van der Waals surface area contributed by atoms with E-state index >= 15 is 0 Å². The fraction of sp³-hybridized carbons (Fsp3) is 0.643. The van der Waals surface area contributed by atoms with E-state index in [1.54, 1.807) is 0 Å². The van der Waals surface area contributed by atoms with E-state index in [-0.39, 0.29) is 0 Å². The number of hydrogen-bond donors (Lipinski definition) is 1. The molecule has 2 fully saturated rings. The van der Waals surface area contributed by atoms with Gasteiger partial charge in [0.05, 0.1) is 0 Å². The summed E-state index contributed by atoms with van der Waals surface area (Å²) >= 11 is 0. The molecule has 86 valence electrons. The lowest BCUT2D eigenvalue weighted by molar-refractivity contribution is 0.382. The van der Waals surface area contributed by atoms with Crippen LogP contribution in [0.25, 0.3) is 0 Å². The third kappa shape index (κ3) is 1.99. The van der Waals surface area contributed by atoms with Gasteiger partial charge in [-0.2, -0.15) is 0 Å². The van der Waals surface area contributed by atoms with Crippen LogP contribution in [0.5, 0.6) is 0 Å². The summed E-state index contributed by atoms with van der Waals surface area (Å²) < 4.78 is 0. The van der Waals surface area contributed by atoms with Gasteiger partial charge in [-0.3, -0.25) is 4.98 Å². The molecule has 2 saturated carbocycles. The molecule has 1 unspecified atom stereocenters. The first-order valence-electron chi connectivity index (χ1n) is 6.43. The second kappa shape index (κ2) is 3.85. The first-order chi connectivity index (χ1) is 7.80. The quantitative estimate of drug-likeness (QED) is 0.818. The summed E-state index contributed by atoms with van der Waals surface area (Å²) in [6.07, 6.45) is 9.65. The van der Waals surface area contributed by atoms with Gasteiger partial charge in [0.2, 0.25) is 0 Å². The second-order valence-electron chi connectivity index (χ2n) is 5.53. The molecule has 1 atom stereocenters. The van der Waals surface area contributed by atoms with Gasteiger partial charge in [-0.1, -0.05) is 6.07 Å². The van der Waals surface area contributed by atoms with Crippen molar-refractivity contribution in [3.8, 4) is 0 Å². The molecule has 0 aliphatic heterocycles. The van der Waals surface area contributed by atoms with Crippen LogP contribution in [-0.2, 0) is 0 Å². The van der Waals surface area contributed by atoms with Crippen LogP contribution in [0.3, 0.4) is 0 Å². The van der Waals surface area contributed by atoms with Crippen molar-refractivity contribution in [2.75, 3.05) is 6.54 Å². The van der Waals surface area contributed by atoms with Crippen molar-refractivity contribution in [3.63, 3.8) is 0 Å². The van der Waals surface area contributed by atoms with Crippen molar-refractivity contribution < 1.29 is 0 Å². The van der Waals surface area contributed by atoms with Crippen LogP contribution in [0.1, 0.15) is 44.2 Å². The molecule has 3 rings (SSSR count). The average Bonchev–Trinajstić information content (AvgIpc) is 3.17. The lowest BCUT2D eigenvalue weighted by atomic mass is 10.00. The fourth-order valence-corrected chi connectivity index (χ4v) is 2.69. The molecule has 1 heterocycles. The summed E-state index contributed by atoms with van der Waals surface area (Å²) in [5.41, 5.74) is 1.99. The summed E-state index contributed by atoms with van der Waals surface area (Å²) in [5, 5.41) is 3.68. The Labute approximate surface area is 97.5 Å². The summed E-state index contributed by atoms with van der Waals surface area (Å²) in [4.78, 5) is 4.17. The maximum absolute atomic E-state index is 4.17. The molecule has 1 aromatic heterocycles. The largest absolute Gasteiger partial charge is 0.310 e. The number of hydrogen-bond acceptors (Lipinski definition) is 2. The van der Waals surface area contributed by atoms with Crippen LogP contribution in [0.4, 0.5) is 0 Å². The highest BCUT2D eigenvalue weighted by Crippen LogP contribution is 2.60. The molecule has 0 bridgehead atoms. The van der Waals surface area contributed by atoms with E-state index < -0.39 is 0 Å². The first-order valence-corrected chi connectivity index (χ1v) is 6.43. The van der Waals surface area contributed by atoms with Gasteiger partial charge in [0.1, 0.15) is 0 Å². The third-order valence-electron chi connectivity index (χ3n) is 4.28. The minimum Gasteiger partial charge on any atom is -0.310 e. The SMILES string of the molecule is CC(NCC1(C2CC2)CC1)c1cccnc1. The normalized spacial score (nSPS) is 24.1. The first kappa shape index (κ1) is 10.3. The van der Waals surface area contributed by atoms with Gasteiger partial charge in [0.15, 0.2) is 0 Å². The van der Waals surface area contributed by atoms with E-state index in [0.29, 0.717) is 11.5 Å². The lowest BCUT2D eigenvalue weighted by Gasteiger charge is -2.19. The Hall–Kier alpha value is -0.890. The number of rotatable bonds is 5. The van der Waals surface area contributed by atoms with Gasteiger partial charge >= 0.3 is 0 Å². The molecular weight excluding hydrogens is 196 g/mol. The molecule has 0 saturated heterocycles. The number of pyridine rings is 1. The van der Waals surface area contributed by atoms with E-state index in [2.05, 4.69) is 23.3 Å². The molecule has 0 spiro atoms. The topological polar surface area (TPSA) is 24.9 Å². The van der Waals surface area contributed by atoms with Crippen molar-refractivity contribution in [1.82, 2.24) is 10.3 Å². The number of nitrogens with one attached hydrogen (secondary N) is 1. The second-order valence-corrected chi connectivity index (χ2v) is 5.53. The standard InChI is InChI=1S/C14H20N2/c1-11(12-3-2-8-15-9-12)16-10-14(6-7-14)13-4-5-13/h2-3,8-9,11,13,16H,4-7,10H2,1H3. The molecule has 1 N–H and O–H groups in total. The Morgan fingerprint density at radius 2 is 2.31 bits per heavy atom. The minimum absolute atomic E-state index is 0.435. The van der Waals surface area contributed by atoms with Crippen molar-refractivity contribution in [2.24, 2.45) is 11.3 Å². The van der Waals surface area contributed by atoms with Gasteiger partial charge < -0.3 is 5.32 Å². The Morgan fingerprint density at radius 3 is 2.88 bits per heavy atom. The highest BCUT2D eigenvalue weighted by atomic mass is 14.9. The van der Waals surface area contributed by atoms with Gasteiger partial charge in [-0.15, -0.1) is 0 Å². The monoisotopic (exact) mass is 216 g/mol. The highest BCUT2D eigenvalue weighted by Gasteiger charge is 2.53. The summed E-state index contributed by atoms with van der Waals surface area (Å²) in [5.74, 6) is 1.04. The molecular formula is C14H20N2. The minimum atomic E-state index is 0.435. The third-order valence-corrected chi connectivity index (χ3v) is 4.28. The molecule has 0 amide bonds. The average molecular weight is 216 g/mol. The maximum Gasteiger partial charge on any atom is 0.0315 e. The Bertz CT molecular complexity index is 352. The Kier molecular flexibility index (Phi) is 2.47. The van der Waals surface area contributed by atoms with E-state index in [4.69, 9.17) is 0 Å². The van der Waals surface area contributed by atoms with Gasteiger partial charge in [-0.05, 0) is 55.6 Å². The molecule has 0 radical (unpaired) electrons. The van der Waals surface area contributed by atoms with Gasteiger partial charge in [0.25, 0.3) is 0 Å². The van der Waals surface area contributed by atoms with Crippen molar-refractivity contribution in [3.05, 3.63) is 30.1 Å². The zero-order chi connectivity index (χ0) is 11.0. The molecule has 0 aromatic carbocycles. The van der Waals surface area contributed by atoms with Crippen LogP contribution in [0.15, 0.2) is 24.5 Å². The summed E-state index contributed by atoms with van der Waals surface area (Å²) in [6, 6.07) is 4.60. The molecule has 2 nitrogen and oxygen atoms in total. The van der Waals surface area contributed by atoms with Crippen molar-refractivity contribution >= 4 is 0 Å². The van der Waals surface area contributed by atoms with E-state index in [9.17, 15) is 0 Å². The van der Waals surface area contributed by atoms with Crippen molar-refractivity contribution in [1.29, 1.82) is 0 Å². The van der Waals surface area contributed by atoms with Crippen LogP contribution in [0.2, 0.25) is 0 Å². The van der Waals surface area contributed by atoms with E-state index in [1.807, 2.05) is 18.5 Å². The van der Waals surface area contributed by atoms with Gasteiger partial charge in [0, 0.05) is 25.0 Å². The van der Waals surface area contributed by atoms with Crippen LogP contribution >= 0.6 is 0 Å².